The Kier molecular flexibility index (Phi) is 5.02. The molecule has 0 spiro atoms. The molecular formula is C12H16FNO4S. The lowest BCUT2D eigenvalue weighted by molar-refractivity contribution is -0.143. The molecule has 106 valence electrons. The van der Waals surface area contributed by atoms with Gasteiger partial charge in [-0.25, -0.2) is 12.8 Å². The number of halogens is 1. The summed E-state index contributed by atoms with van der Waals surface area (Å²) in [7, 11) is -2.71. The van der Waals surface area contributed by atoms with Gasteiger partial charge in [-0.05, 0) is 30.2 Å². The van der Waals surface area contributed by atoms with Gasteiger partial charge in [0, 0.05) is 0 Å². The smallest absolute Gasteiger partial charge is 0.324 e. The summed E-state index contributed by atoms with van der Waals surface area (Å²) in [5.74, 6) is -1.48. The molecule has 0 aliphatic carbocycles. The lowest BCUT2D eigenvalue weighted by Gasteiger charge is -2.19. The fourth-order valence-electron chi connectivity index (χ4n) is 1.43. The fourth-order valence-corrected chi connectivity index (χ4v) is 2.77. The van der Waals surface area contributed by atoms with Crippen LogP contribution in [0.5, 0.6) is 0 Å². The van der Waals surface area contributed by atoms with Gasteiger partial charge in [-0.2, -0.15) is 4.72 Å². The molecule has 0 saturated heterocycles. The third kappa shape index (κ3) is 4.00. The highest BCUT2D eigenvalue weighted by atomic mass is 32.2. The van der Waals surface area contributed by atoms with E-state index in [1.54, 1.807) is 13.8 Å². The topological polar surface area (TPSA) is 72.5 Å². The first-order valence-electron chi connectivity index (χ1n) is 5.63. The molecule has 7 heteroatoms. The van der Waals surface area contributed by atoms with Crippen LogP contribution >= 0.6 is 0 Å². The number of nitrogens with one attached hydrogen (secondary N) is 1. The highest BCUT2D eigenvalue weighted by Gasteiger charge is 2.28. The van der Waals surface area contributed by atoms with E-state index in [-0.39, 0.29) is 10.8 Å². The van der Waals surface area contributed by atoms with E-state index in [1.807, 2.05) is 0 Å². The number of sulfonamides is 1. The molecule has 1 N–H and O–H groups in total. The van der Waals surface area contributed by atoms with Crippen LogP contribution in [0, 0.1) is 11.7 Å². The molecule has 0 bridgehead atoms. The molecule has 5 nitrogen and oxygen atoms in total. The van der Waals surface area contributed by atoms with Crippen molar-refractivity contribution in [3.05, 3.63) is 30.1 Å². The summed E-state index contributed by atoms with van der Waals surface area (Å²) < 4.78 is 43.6. The zero-order valence-corrected chi connectivity index (χ0v) is 11.7. The minimum Gasteiger partial charge on any atom is -0.468 e. The Balaban J connectivity index is 3.00. The van der Waals surface area contributed by atoms with E-state index in [0.29, 0.717) is 0 Å². The van der Waals surface area contributed by atoms with Crippen LogP contribution in [0.3, 0.4) is 0 Å². The SMILES string of the molecule is COC(=O)[C@@H](NS(=O)(=O)c1ccc(F)cc1)C(C)C. The van der Waals surface area contributed by atoms with Crippen molar-refractivity contribution < 1.29 is 22.3 Å². The van der Waals surface area contributed by atoms with E-state index >= 15 is 0 Å². The Bertz CT molecular complexity index is 539. The molecule has 0 aromatic heterocycles. The Morgan fingerprint density at radius 3 is 2.21 bits per heavy atom. The number of carbonyl (C=O) groups is 1. The molecule has 0 unspecified atom stereocenters. The number of carbonyl (C=O) groups excluding carboxylic acids is 1. The molecule has 0 radical (unpaired) electrons. The van der Waals surface area contributed by atoms with Crippen LogP contribution in [0.1, 0.15) is 13.8 Å². The number of benzene rings is 1. The molecule has 1 rings (SSSR count). The number of hydrogen-bond donors (Lipinski definition) is 1. The quantitative estimate of drug-likeness (QED) is 0.829. The van der Waals surface area contributed by atoms with Crippen molar-refractivity contribution in [3.63, 3.8) is 0 Å². The van der Waals surface area contributed by atoms with E-state index in [9.17, 15) is 17.6 Å². The van der Waals surface area contributed by atoms with E-state index in [1.165, 1.54) is 7.11 Å². The number of hydrogen-bond acceptors (Lipinski definition) is 4. The van der Waals surface area contributed by atoms with Crippen molar-refractivity contribution in [1.29, 1.82) is 0 Å². The molecule has 1 atom stereocenters. The Morgan fingerprint density at radius 2 is 1.79 bits per heavy atom. The first-order chi connectivity index (χ1) is 8.77. The van der Waals surface area contributed by atoms with Crippen LogP contribution in [0.2, 0.25) is 0 Å². The second-order valence-corrected chi connectivity index (χ2v) is 6.03. The highest BCUT2D eigenvalue weighted by Crippen LogP contribution is 2.13. The molecule has 0 saturated carbocycles. The average molecular weight is 289 g/mol. The summed E-state index contributed by atoms with van der Waals surface area (Å²) >= 11 is 0. The maximum atomic E-state index is 12.8. The largest absolute Gasteiger partial charge is 0.468 e. The second kappa shape index (κ2) is 6.12. The molecule has 1 aromatic rings. The van der Waals surface area contributed by atoms with Gasteiger partial charge >= 0.3 is 5.97 Å². The molecule has 0 fully saturated rings. The monoisotopic (exact) mass is 289 g/mol. The third-order valence-electron chi connectivity index (χ3n) is 2.53. The lowest BCUT2D eigenvalue weighted by Crippen LogP contribution is -2.44. The maximum Gasteiger partial charge on any atom is 0.324 e. The molecule has 0 amide bonds. The Morgan fingerprint density at radius 1 is 1.26 bits per heavy atom. The highest BCUT2D eigenvalue weighted by molar-refractivity contribution is 7.89. The van der Waals surface area contributed by atoms with Gasteiger partial charge in [0.1, 0.15) is 11.9 Å². The zero-order chi connectivity index (χ0) is 14.6. The van der Waals surface area contributed by atoms with Gasteiger partial charge < -0.3 is 4.74 Å². The van der Waals surface area contributed by atoms with Gasteiger partial charge in [0.25, 0.3) is 0 Å². The van der Waals surface area contributed by atoms with E-state index in [4.69, 9.17) is 0 Å². The standard InChI is InChI=1S/C12H16FNO4S/c1-8(2)11(12(15)18-3)14-19(16,17)10-6-4-9(13)5-7-10/h4-8,11,14H,1-3H3/t11-/m0/s1. The number of esters is 1. The van der Waals surface area contributed by atoms with Crippen LogP contribution in [0.25, 0.3) is 0 Å². The minimum atomic E-state index is -3.89. The summed E-state index contributed by atoms with van der Waals surface area (Å²) in [5.41, 5.74) is 0. The second-order valence-electron chi connectivity index (χ2n) is 4.32. The van der Waals surface area contributed by atoms with Gasteiger partial charge in [0.2, 0.25) is 10.0 Å². The first-order valence-corrected chi connectivity index (χ1v) is 7.12. The molecule has 0 aliphatic heterocycles. The number of ether oxygens (including phenoxy) is 1. The predicted octanol–water partition coefficient (Wildman–Crippen LogP) is 1.30. The molecular weight excluding hydrogens is 273 g/mol. The van der Waals surface area contributed by atoms with Crippen molar-refractivity contribution in [1.82, 2.24) is 4.72 Å². The van der Waals surface area contributed by atoms with Gasteiger partial charge in [0.15, 0.2) is 0 Å². The van der Waals surface area contributed by atoms with Crippen molar-refractivity contribution >= 4 is 16.0 Å². The van der Waals surface area contributed by atoms with Gasteiger partial charge in [-0.1, -0.05) is 13.8 Å². The average Bonchev–Trinajstić information content (AvgIpc) is 2.35. The fraction of sp³-hybridized carbons (Fsp3) is 0.417. The van der Waals surface area contributed by atoms with Crippen LogP contribution < -0.4 is 4.72 Å². The van der Waals surface area contributed by atoms with Crippen LogP contribution in [0.15, 0.2) is 29.2 Å². The van der Waals surface area contributed by atoms with Crippen LogP contribution in [-0.4, -0.2) is 27.5 Å². The van der Waals surface area contributed by atoms with Crippen molar-refractivity contribution in [2.24, 2.45) is 5.92 Å². The third-order valence-corrected chi connectivity index (χ3v) is 3.98. The molecule has 0 aliphatic rings. The summed E-state index contributed by atoms with van der Waals surface area (Å²) in [6.07, 6.45) is 0. The lowest BCUT2D eigenvalue weighted by atomic mass is 10.1. The van der Waals surface area contributed by atoms with Crippen LogP contribution in [0.4, 0.5) is 4.39 Å². The normalized spacial score (nSPS) is 13.3. The predicted molar refractivity (Wildman–Crippen MR) is 67.4 cm³/mol. The molecule has 0 heterocycles. The molecule has 1 aromatic carbocycles. The minimum absolute atomic E-state index is 0.108. The van der Waals surface area contributed by atoms with E-state index < -0.39 is 27.9 Å². The summed E-state index contributed by atoms with van der Waals surface area (Å²) in [6, 6.07) is 3.35. The number of rotatable bonds is 5. The number of methoxy groups -OCH3 is 1. The van der Waals surface area contributed by atoms with Crippen molar-refractivity contribution in [2.45, 2.75) is 24.8 Å². The molecule has 19 heavy (non-hydrogen) atoms. The van der Waals surface area contributed by atoms with Gasteiger partial charge in [-0.15, -0.1) is 0 Å². The maximum absolute atomic E-state index is 12.8. The summed E-state index contributed by atoms with van der Waals surface area (Å²) in [6.45, 7) is 3.38. The summed E-state index contributed by atoms with van der Waals surface area (Å²) in [4.78, 5) is 11.4. The summed E-state index contributed by atoms with van der Waals surface area (Å²) in [5, 5.41) is 0. The Hall–Kier alpha value is -1.47. The van der Waals surface area contributed by atoms with E-state index in [2.05, 4.69) is 9.46 Å². The Labute approximate surface area is 111 Å². The van der Waals surface area contributed by atoms with E-state index in [0.717, 1.165) is 24.3 Å². The van der Waals surface area contributed by atoms with Gasteiger partial charge in [0.05, 0.1) is 12.0 Å². The van der Waals surface area contributed by atoms with Crippen molar-refractivity contribution in [3.8, 4) is 0 Å². The van der Waals surface area contributed by atoms with Crippen molar-refractivity contribution in [2.75, 3.05) is 7.11 Å². The van der Waals surface area contributed by atoms with Gasteiger partial charge in [-0.3, -0.25) is 4.79 Å². The van der Waals surface area contributed by atoms with Crippen LogP contribution in [-0.2, 0) is 19.6 Å². The first kappa shape index (κ1) is 15.6. The zero-order valence-electron chi connectivity index (χ0n) is 10.9.